The molecule has 2 aromatic carbocycles. The number of fused-ring (bicyclic) bond motifs is 1. The van der Waals surface area contributed by atoms with Crippen molar-refractivity contribution in [3.8, 4) is 17.2 Å². The molecular weight excluding hydrogens is 328 g/mol. The molecule has 0 spiro atoms. The lowest BCUT2D eigenvalue weighted by molar-refractivity contribution is 0.285. The van der Waals surface area contributed by atoms with Gasteiger partial charge in [-0.3, -0.25) is 0 Å². The van der Waals surface area contributed by atoms with Crippen LogP contribution in [0.15, 0.2) is 42.5 Å². The molecular formula is C21H26N2O3. The molecule has 0 unspecified atom stereocenters. The second-order valence-corrected chi connectivity index (χ2v) is 6.58. The van der Waals surface area contributed by atoms with Crippen molar-refractivity contribution in [2.24, 2.45) is 5.92 Å². The van der Waals surface area contributed by atoms with Crippen molar-refractivity contribution in [2.45, 2.75) is 33.9 Å². The quantitative estimate of drug-likeness (QED) is 0.589. The molecule has 0 saturated heterocycles. The standard InChI is InChI=1S/C21H26N2O3/c1-5-25-18-9-10-19-20(12-18)23(13-15(2)3)21(22-19)14-26-17-8-6-7-16(11-17)24-4/h6-12,15H,5,13-14H2,1-4H3. The molecule has 3 aromatic rings. The molecule has 1 aromatic heterocycles. The molecule has 5 nitrogen and oxygen atoms in total. The molecule has 0 aliphatic carbocycles. The number of methoxy groups -OCH3 is 1. The maximum atomic E-state index is 5.97. The molecule has 0 radical (unpaired) electrons. The van der Waals surface area contributed by atoms with Gasteiger partial charge in [-0.2, -0.15) is 0 Å². The van der Waals surface area contributed by atoms with E-state index in [1.807, 2.05) is 43.3 Å². The minimum atomic E-state index is 0.401. The number of ether oxygens (including phenoxy) is 3. The van der Waals surface area contributed by atoms with E-state index in [1.54, 1.807) is 7.11 Å². The summed E-state index contributed by atoms with van der Waals surface area (Å²) in [5.74, 6) is 3.82. The fourth-order valence-electron chi connectivity index (χ4n) is 2.93. The van der Waals surface area contributed by atoms with Gasteiger partial charge in [0.1, 0.15) is 29.7 Å². The van der Waals surface area contributed by atoms with Gasteiger partial charge in [-0.05, 0) is 37.1 Å². The van der Waals surface area contributed by atoms with Gasteiger partial charge in [0.15, 0.2) is 0 Å². The normalized spacial score (nSPS) is 11.1. The maximum Gasteiger partial charge on any atom is 0.148 e. The van der Waals surface area contributed by atoms with Gasteiger partial charge in [0.05, 0.1) is 24.8 Å². The van der Waals surface area contributed by atoms with Crippen LogP contribution in [0.25, 0.3) is 11.0 Å². The fourth-order valence-corrected chi connectivity index (χ4v) is 2.93. The lowest BCUT2D eigenvalue weighted by Crippen LogP contribution is -2.11. The predicted molar refractivity (Wildman–Crippen MR) is 103 cm³/mol. The Kier molecular flexibility index (Phi) is 5.66. The van der Waals surface area contributed by atoms with Gasteiger partial charge in [0, 0.05) is 18.7 Å². The van der Waals surface area contributed by atoms with Gasteiger partial charge < -0.3 is 18.8 Å². The van der Waals surface area contributed by atoms with Crippen LogP contribution >= 0.6 is 0 Å². The van der Waals surface area contributed by atoms with E-state index in [-0.39, 0.29) is 0 Å². The monoisotopic (exact) mass is 354 g/mol. The summed E-state index contributed by atoms with van der Waals surface area (Å²) in [6, 6.07) is 13.6. The molecule has 0 aliphatic heterocycles. The molecule has 3 rings (SSSR count). The maximum absolute atomic E-state index is 5.97. The zero-order valence-corrected chi connectivity index (χ0v) is 15.9. The Morgan fingerprint density at radius 1 is 1.00 bits per heavy atom. The van der Waals surface area contributed by atoms with Crippen LogP contribution in [0.1, 0.15) is 26.6 Å². The summed E-state index contributed by atoms with van der Waals surface area (Å²) in [6.07, 6.45) is 0. The van der Waals surface area contributed by atoms with Gasteiger partial charge in [0.2, 0.25) is 0 Å². The van der Waals surface area contributed by atoms with E-state index in [9.17, 15) is 0 Å². The van der Waals surface area contributed by atoms with Crippen molar-refractivity contribution < 1.29 is 14.2 Å². The van der Waals surface area contributed by atoms with Crippen molar-refractivity contribution in [3.63, 3.8) is 0 Å². The molecule has 0 atom stereocenters. The predicted octanol–water partition coefficient (Wildman–Crippen LogP) is 4.68. The van der Waals surface area contributed by atoms with Crippen LogP contribution in [-0.4, -0.2) is 23.3 Å². The zero-order valence-electron chi connectivity index (χ0n) is 15.9. The number of rotatable bonds is 8. The average molecular weight is 354 g/mol. The summed E-state index contributed by atoms with van der Waals surface area (Å²) >= 11 is 0. The molecule has 26 heavy (non-hydrogen) atoms. The van der Waals surface area contributed by atoms with Gasteiger partial charge in [-0.1, -0.05) is 19.9 Å². The summed E-state index contributed by atoms with van der Waals surface area (Å²) in [5.41, 5.74) is 2.03. The van der Waals surface area contributed by atoms with E-state index in [1.165, 1.54) is 0 Å². The van der Waals surface area contributed by atoms with E-state index in [4.69, 9.17) is 19.2 Å². The first-order valence-electron chi connectivity index (χ1n) is 8.99. The highest BCUT2D eigenvalue weighted by Crippen LogP contribution is 2.25. The average Bonchev–Trinajstić information content (AvgIpc) is 2.97. The van der Waals surface area contributed by atoms with Crippen LogP contribution in [-0.2, 0) is 13.2 Å². The van der Waals surface area contributed by atoms with Crippen LogP contribution in [0, 0.1) is 5.92 Å². The first-order chi connectivity index (χ1) is 12.6. The van der Waals surface area contributed by atoms with Crippen LogP contribution in [0.5, 0.6) is 17.2 Å². The summed E-state index contributed by atoms with van der Waals surface area (Å²) in [7, 11) is 1.65. The third-order valence-electron chi connectivity index (χ3n) is 4.07. The molecule has 1 heterocycles. The van der Waals surface area contributed by atoms with Crippen molar-refractivity contribution >= 4 is 11.0 Å². The summed E-state index contributed by atoms with van der Waals surface area (Å²) < 4.78 is 19.1. The Balaban J connectivity index is 1.90. The van der Waals surface area contributed by atoms with Crippen molar-refractivity contribution in [1.29, 1.82) is 0 Å². The largest absolute Gasteiger partial charge is 0.497 e. The van der Waals surface area contributed by atoms with Crippen molar-refractivity contribution in [3.05, 3.63) is 48.3 Å². The Morgan fingerprint density at radius 2 is 1.77 bits per heavy atom. The lowest BCUT2D eigenvalue weighted by atomic mass is 10.2. The molecule has 0 amide bonds. The highest BCUT2D eigenvalue weighted by molar-refractivity contribution is 5.77. The van der Waals surface area contributed by atoms with E-state index in [2.05, 4.69) is 24.5 Å². The number of nitrogens with zero attached hydrogens (tertiary/aromatic N) is 2. The molecule has 138 valence electrons. The van der Waals surface area contributed by atoms with Gasteiger partial charge >= 0.3 is 0 Å². The van der Waals surface area contributed by atoms with Crippen LogP contribution in [0.2, 0.25) is 0 Å². The number of hydrogen-bond donors (Lipinski definition) is 0. The summed E-state index contributed by atoms with van der Waals surface area (Å²) in [5, 5.41) is 0. The highest BCUT2D eigenvalue weighted by Gasteiger charge is 2.14. The zero-order chi connectivity index (χ0) is 18.5. The fraction of sp³-hybridized carbons (Fsp3) is 0.381. The SMILES string of the molecule is CCOc1ccc2nc(COc3cccc(OC)c3)n(CC(C)C)c2c1. The van der Waals surface area contributed by atoms with Gasteiger partial charge in [0.25, 0.3) is 0 Å². The Hall–Kier alpha value is -2.69. The minimum absolute atomic E-state index is 0.401. The summed E-state index contributed by atoms with van der Waals surface area (Å²) in [4.78, 5) is 4.78. The Labute approximate surface area is 154 Å². The van der Waals surface area contributed by atoms with Crippen LogP contribution < -0.4 is 14.2 Å². The van der Waals surface area contributed by atoms with E-state index in [0.717, 1.165) is 40.7 Å². The first-order valence-corrected chi connectivity index (χ1v) is 8.99. The third-order valence-corrected chi connectivity index (χ3v) is 4.07. The van der Waals surface area contributed by atoms with E-state index >= 15 is 0 Å². The van der Waals surface area contributed by atoms with Crippen LogP contribution in [0.4, 0.5) is 0 Å². The lowest BCUT2D eigenvalue weighted by Gasteiger charge is -2.13. The second-order valence-electron chi connectivity index (χ2n) is 6.58. The Bertz CT molecular complexity index is 871. The molecule has 0 N–H and O–H groups in total. The highest BCUT2D eigenvalue weighted by atomic mass is 16.5. The first kappa shape index (κ1) is 18.1. The number of hydrogen-bond acceptors (Lipinski definition) is 4. The summed E-state index contributed by atoms with van der Waals surface area (Å²) in [6.45, 7) is 8.32. The van der Waals surface area contributed by atoms with Gasteiger partial charge in [-0.15, -0.1) is 0 Å². The van der Waals surface area contributed by atoms with E-state index in [0.29, 0.717) is 19.1 Å². The number of benzene rings is 2. The van der Waals surface area contributed by atoms with Crippen LogP contribution in [0.3, 0.4) is 0 Å². The smallest absolute Gasteiger partial charge is 0.148 e. The Morgan fingerprint density at radius 3 is 2.50 bits per heavy atom. The minimum Gasteiger partial charge on any atom is -0.497 e. The third kappa shape index (κ3) is 4.10. The topological polar surface area (TPSA) is 45.5 Å². The number of imidazole rings is 1. The van der Waals surface area contributed by atoms with Crippen molar-refractivity contribution in [2.75, 3.05) is 13.7 Å². The molecule has 0 saturated carbocycles. The van der Waals surface area contributed by atoms with E-state index < -0.39 is 0 Å². The molecule has 0 fully saturated rings. The molecule has 5 heteroatoms. The molecule has 0 bridgehead atoms. The molecule has 0 aliphatic rings. The van der Waals surface area contributed by atoms with Gasteiger partial charge in [-0.25, -0.2) is 4.98 Å². The number of aromatic nitrogens is 2. The second kappa shape index (κ2) is 8.13. The van der Waals surface area contributed by atoms with Crippen molar-refractivity contribution in [1.82, 2.24) is 9.55 Å².